The first-order chi connectivity index (χ1) is 16.3. The minimum atomic E-state index is -1.06. The van der Waals surface area contributed by atoms with Crippen LogP contribution in [-0.4, -0.2) is 39.6 Å². The van der Waals surface area contributed by atoms with E-state index in [0.29, 0.717) is 11.3 Å². The van der Waals surface area contributed by atoms with Crippen molar-refractivity contribution in [3.8, 4) is 5.75 Å². The molecule has 34 heavy (non-hydrogen) atoms. The Kier molecular flexibility index (Phi) is 6.44. The van der Waals surface area contributed by atoms with E-state index in [0.717, 1.165) is 17.0 Å². The second-order valence-corrected chi connectivity index (χ2v) is 7.68. The summed E-state index contributed by atoms with van der Waals surface area (Å²) in [5.74, 6) is -2.26. The molecule has 3 amide bonds. The number of carbonyl (C=O) groups excluding carboxylic acids is 4. The van der Waals surface area contributed by atoms with Crippen molar-refractivity contribution >= 4 is 29.4 Å². The van der Waals surface area contributed by atoms with Gasteiger partial charge in [0.25, 0.3) is 11.8 Å². The Morgan fingerprint density at radius 3 is 2.41 bits per heavy atom. The minimum absolute atomic E-state index is 0.0347. The molecule has 4 rings (SSSR count). The smallest absolute Gasteiger partial charge is 0.308 e. The van der Waals surface area contributed by atoms with Gasteiger partial charge in [0, 0.05) is 31.4 Å². The molecular weight excluding hydrogens is 441 g/mol. The summed E-state index contributed by atoms with van der Waals surface area (Å²) in [6.07, 6.45) is 2.94. The molecule has 9 heteroatoms. The summed E-state index contributed by atoms with van der Waals surface area (Å²) in [4.78, 5) is 57.0. The van der Waals surface area contributed by atoms with Gasteiger partial charge in [-0.15, -0.1) is 0 Å². The summed E-state index contributed by atoms with van der Waals surface area (Å²) in [5, 5.41) is 0. The second-order valence-electron chi connectivity index (χ2n) is 7.68. The van der Waals surface area contributed by atoms with Crippen LogP contribution in [0.5, 0.6) is 5.75 Å². The standard InChI is InChI=1S/C25H20FN3O5/c1-16(30)34-21-10-8-20(9-11-21)29-23(31)13-22(25(29)33)28(15-17-3-2-12-27-14-17)24(32)18-4-6-19(26)7-5-18/h2-12,14,22H,13,15H2,1H3. The largest absolute Gasteiger partial charge is 0.427 e. The van der Waals surface area contributed by atoms with Crippen LogP contribution in [0.3, 0.4) is 0 Å². The summed E-state index contributed by atoms with van der Waals surface area (Å²) in [6, 6.07) is 13.3. The number of imide groups is 1. The predicted octanol–water partition coefficient (Wildman–Crippen LogP) is 3.12. The third-order valence-corrected chi connectivity index (χ3v) is 5.28. The molecular formula is C25H20FN3O5. The van der Waals surface area contributed by atoms with E-state index < -0.39 is 35.5 Å². The summed E-state index contributed by atoms with van der Waals surface area (Å²) in [7, 11) is 0. The maximum absolute atomic E-state index is 13.4. The van der Waals surface area contributed by atoms with E-state index in [1.165, 1.54) is 48.2 Å². The number of carbonyl (C=O) groups is 4. The number of hydrogen-bond donors (Lipinski definition) is 0. The normalized spacial score (nSPS) is 15.4. The Hall–Kier alpha value is -4.40. The lowest BCUT2D eigenvalue weighted by molar-refractivity contribution is -0.132. The van der Waals surface area contributed by atoms with Gasteiger partial charge in [-0.1, -0.05) is 6.07 Å². The van der Waals surface area contributed by atoms with Gasteiger partial charge in [0.15, 0.2) is 0 Å². The number of ether oxygens (including phenoxy) is 1. The molecule has 8 nitrogen and oxygen atoms in total. The lowest BCUT2D eigenvalue weighted by atomic mass is 10.1. The van der Waals surface area contributed by atoms with Gasteiger partial charge in [0.2, 0.25) is 5.91 Å². The van der Waals surface area contributed by atoms with Gasteiger partial charge in [-0.2, -0.15) is 0 Å². The SMILES string of the molecule is CC(=O)Oc1ccc(N2C(=O)CC(N(Cc3cccnc3)C(=O)c3ccc(F)cc3)C2=O)cc1. The summed E-state index contributed by atoms with van der Waals surface area (Å²) >= 11 is 0. The molecule has 0 N–H and O–H groups in total. The maximum Gasteiger partial charge on any atom is 0.308 e. The average molecular weight is 461 g/mol. The molecule has 172 valence electrons. The lowest BCUT2D eigenvalue weighted by Crippen LogP contribution is -2.45. The monoisotopic (exact) mass is 461 g/mol. The molecule has 1 fully saturated rings. The highest BCUT2D eigenvalue weighted by Gasteiger charge is 2.44. The topological polar surface area (TPSA) is 96.9 Å². The van der Waals surface area contributed by atoms with Crippen LogP contribution in [0.2, 0.25) is 0 Å². The second kappa shape index (κ2) is 9.62. The van der Waals surface area contributed by atoms with Crippen LogP contribution in [0.25, 0.3) is 0 Å². The Bertz CT molecular complexity index is 1230. The van der Waals surface area contributed by atoms with Crippen LogP contribution in [0.1, 0.15) is 29.3 Å². The number of rotatable bonds is 6. The van der Waals surface area contributed by atoms with Gasteiger partial charge in [0.05, 0.1) is 12.1 Å². The Labute approximate surface area is 194 Å². The molecule has 0 bridgehead atoms. The number of amides is 3. The zero-order valence-electron chi connectivity index (χ0n) is 18.2. The van der Waals surface area contributed by atoms with Crippen molar-refractivity contribution in [1.29, 1.82) is 0 Å². The zero-order valence-corrected chi connectivity index (χ0v) is 18.2. The minimum Gasteiger partial charge on any atom is -0.427 e. The maximum atomic E-state index is 13.4. The van der Waals surface area contributed by atoms with E-state index in [1.807, 2.05) is 0 Å². The fourth-order valence-electron chi connectivity index (χ4n) is 3.73. The van der Waals surface area contributed by atoms with Gasteiger partial charge in [-0.25, -0.2) is 9.29 Å². The van der Waals surface area contributed by atoms with Gasteiger partial charge in [-0.3, -0.25) is 24.2 Å². The van der Waals surface area contributed by atoms with Crippen molar-refractivity contribution in [1.82, 2.24) is 9.88 Å². The van der Waals surface area contributed by atoms with Gasteiger partial charge >= 0.3 is 5.97 Å². The number of anilines is 1. The summed E-state index contributed by atoms with van der Waals surface area (Å²) in [6.45, 7) is 1.30. The highest BCUT2D eigenvalue weighted by atomic mass is 19.1. The summed E-state index contributed by atoms with van der Waals surface area (Å²) in [5.41, 5.74) is 1.15. The molecule has 1 aliphatic rings. The molecule has 1 aliphatic heterocycles. The van der Waals surface area contributed by atoms with Crippen LogP contribution in [-0.2, 0) is 20.9 Å². The van der Waals surface area contributed by atoms with E-state index >= 15 is 0 Å². The van der Waals surface area contributed by atoms with E-state index in [1.54, 1.807) is 24.5 Å². The molecule has 1 aromatic heterocycles. The van der Waals surface area contributed by atoms with Crippen LogP contribution >= 0.6 is 0 Å². The van der Waals surface area contributed by atoms with E-state index in [9.17, 15) is 23.6 Å². The van der Waals surface area contributed by atoms with Gasteiger partial charge in [0.1, 0.15) is 17.6 Å². The fraction of sp³-hybridized carbons (Fsp3) is 0.160. The number of benzene rings is 2. The van der Waals surface area contributed by atoms with Crippen LogP contribution in [0, 0.1) is 5.82 Å². The molecule has 0 spiro atoms. The number of hydrogen-bond acceptors (Lipinski definition) is 6. The van der Waals surface area contributed by atoms with Crippen molar-refractivity contribution in [3.63, 3.8) is 0 Å². The number of aromatic nitrogens is 1. The fourth-order valence-corrected chi connectivity index (χ4v) is 3.73. The first-order valence-electron chi connectivity index (χ1n) is 10.4. The van der Waals surface area contributed by atoms with Crippen LogP contribution in [0.4, 0.5) is 10.1 Å². The van der Waals surface area contributed by atoms with Crippen molar-refractivity contribution in [2.45, 2.75) is 25.9 Å². The highest BCUT2D eigenvalue weighted by Crippen LogP contribution is 2.29. The molecule has 1 atom stereocenters. The Morgan fingerprint density at radius 2 is 1.79 bits per heavy atom. The third kappa shape index (κ3) is 4.83. The number of pyridine rings is 1. The van der Waals surface area contributed by atoms with Gasteiger partial charge in [-0.05, 0) is 60.2 Å². The molecule has 3 aromatic rings. The van der Waals surface area contributed by atoms with Crippen molar-refractivity contribution < 1.29 is 28.3 Å². The average Bonchev–Trinajstić information content (AvgIpc) is 3.12. The molecule has 2 heterocycles. The third-order valence-electron chi connectivity index (χ3n) is 5.28. The molecule has 1 saturated heterocycles. The lowest BCUT2D eigenvalue weighted by Gasteiger charge is -2.28. The number of halogens is 1. The molecule has 0 aliphatic carbocycles. The predicted molar refractivity (Wildman–Crippen MR) is 119 cm³/mol. The molecule has 0 saturated carbocycles. The van der Waals surface area contributed by atoms with E-state index in [2.05, 4.69) is 4.98 Å². The zero-order chi connectivity index (χ0) is 24.2. The first kappa shape index (κ1) is 22.8. The van der Waals surface area contributed by atoms with Crippen LogP contribution < -0.4 is 9.64 Å². The number of nitrogens with zero attached hydrogens (tertiary/aromatic N) is 3. The van der Waals surface area contributed by atoms with E-state index in [4.69, 9.17) is 4.74 Å². The number of esters is 1. The molecule has 2 aromatic carbocycles. The Morgan fingerprint density at radius 1 is 1.09 bits per heavy atom. The highest BCUT2D eigenvalue weighted by molar-refractivity contribution is 6.23. The van der Waals surface area contributed by atoms with Crippen LogP contribution in [0.15, 0.2) is 73.1 Å². The van der Waals surface area contributed by atoms with Crippen molar-refractivity contribution in [2.75, 3.05) is 4.90 Å². The molecule has 1 unspecified atom stereocenters. The summed E-state index contributed by atoms with van der Waals surface area (Å²) < 4.78 is 18.4. The first-order valence-corrected chi connectivity index (χ1v) is 10.4. The van der Waals surface area contributed by atoms with Crippen molar-refractivity contribution in [2.24, 2.45) is 0 Å². The van der Waals surface area contributed by atoms with Crippen molar-refractivity contribution in [3.05, 3.63) is 90.0 Å². The van der Waals surface area contributed by atoms with E-state index in [-0.39, 0.29) is 24.3 Å². The Balaban J connectivity index is 1.64. The molecule has 0 radical (unpaired) electrons. The van der Waals surface area contributed by atoms with Gasteiger partial charge < -0.3 is 9.64 Å². The quantitative estimate of drug-likeness (QED) is 0.318.